The molecule has 38 heavy (non-hydrogen) atoms. The van der Waals surface area contributed by atoms with Crippen LogP contribution in [0, 0.1) is 23.4 Å². The summed E-state index contributed by atoms with van der Waals surface area (Å²) in [7, 11) is 0. The largest absolute Gasteiger partial charge is 0.397 e. The third kappa shape index (κ3) is 4.86. The second kappa shape index (κ2) is 9.99. The summed E-state index contributed by atoms with van der Waals surface area (Å²) in [6.07, 6.45) is 7.20. The number of nitrogens with two attached hydrogens (primary N) is 2. The second-order valence-corrected chi connectivity index (χ2v) is 10.6. The predicted octanol–water partition coefficient (Wildman–Crippen LogP) is 5.00. The molecule has 3 aromatic rings. The summed E-state index contributed by atoms with van der Waals surface area (Å²) in [5.74, 6) is -3.53. The molecule has 2 aliphatic carbocycles. The minimum atomic E-state index is -1.31. The number of hydrogen-bond donors (Lipinski definition) is 4. The summed E-state index contributed by atoms with van der Waals surface area (Å²) in [6.45, 7) is 2.13. The van der Waals surface area contributed by atoms with E-state index in [0.29, 0.717) is 24.4 Å². The van der Waals surface area contributed by atoms with Crippen molar-refractivity contribution in [3.05, 3.63) is 70.9 Å². The lowest BCUT2D eigenvalue weighted by molar-refractivity contribution is -0.0392. The van der Waals surface area contributed by atoms with E-state index in [1.54, 1.807) is 6.20 Å². The molecule has 200 valence electrons. The Labute approximate surface area is 218 Å². The summed E-state index contributed by atoms with van der Waals surface area (Å²) < 4.78 is 45.0. The molecule has 10 heteroatoms. The van der Waals surface area contributed by atoms with Gasteiger partial charge in [0.1, 0.15) is 17.3 Å². The van der Waals surface area contributed by atoms with Crippen LogP contribution in [0.3, 0.4) is 0 Å². The van der Waals surface area contributed by atoms with Crippen LogP contribution in [-0.2, 0) is 5.60 Å². The fourth-order valence-corrected chi connectivity index (χ4v) is 5.69. The van der Waals surface area contributed by atoms with E-state index in [2.05, 4.69) is 22.2 Å². The van der Waals surface area contributed by atoms with Gasteiger partial charge in [-0.05, 0) is 79.7 Å². The number of anilines is 2. The van der Waals surface area contributed by atoms with Crippen molar-refractivity contribution in [2.45, 2.75) is 63.0 Å². The van der Waals surface area contributed by atoms with Crippen molar-refractivity contribution in [1.29, 1.82) is 0 Å². The zero-order chi connectivity index (χ0) is 27.2. The first-order chi connectivity index (χ1) is 18.1. The van der Waals surface area contributed by atoms with E-state index in [9.17, 15) is 14.3 Å². The van der Waals surface area contributed by atoms with E-state index in [1.807, 2.05) is 6.07 Å². The molecule has 2 aliphatic rings. The van der Waals surface area contributed by atoms with Crippen molar-refractivity contribution in [1.82, 2.24) is 9.97 Å². The number of nitrogens with zero attached hydrogens (tertiary/aromatic N) is 2. The maximum atomic E-state index is 15.1. The van der Waals surface area contributed by atoms with Gasteiger partial charge < -0.3 is 21.9 Å². The highest BCUT2D eigenvalue weighted by atomic mass is 19.1. The normalized spacial score (nSPS) is 22.5. The smallest absolute Gasteiger partial charge is 0.276 e. The molecule has 7 nitrogen and oxygen atoms in total. The average molecular weight is 526 g/mol. The number of aromatic nitrogens is 2. The van der Waals surface area contributed by atoms with Crippen LogP contribution in [0.1, 0.15) is 73.0 Å². The summed E-state index contributed by atoms with van der Waals surface area (Å²) in [6, 6.07) is 4.63. The molecule has 1 amide bonds. The summed E-state index contributed by atoms with van der Waals surface area (Å²) >= 11 is 0. The van der Waals surface area contributed by atoms with Gasteiger partial charge >= 0.3 is 0 Å². The van der Waals surface area contributed by atoms with Crippen molar-refractivity contribution in [3.8, 4) is 11.3 Å². The molecular weight excluding hydrogens is 495 g/mol. The zero-order valence-electron chi connectivity index (χ0n) is 21.0. The standard InChI is InChI=1S/C28H30F3N5O2/c1-14-7-15(9-17(32)8-14)18-3-6-34-13-23(18)35-27(37)26-22(33)12-21(31)25(36-26)24-19(29)10-16(11-20(24)30)28(38)4-2-5-28/h3,6,10-15,17,38H,2,4-5,7-9,32-33H2,1H3,(H,35,37)/t14-,15+,17+/m0/s1. The lowest BCUT2D eigenvalue weighted by atomic mass is 9.75. The summed E-state index contributed by atoms with van der Waals surface area (Å²) in [5.41, 5.74) is 10.1. The van der Waals surface area contributed by atoms with E-state index < -0.39 is 40.2 Å². The Morgan fingerprint density at radius 1 is 1.11 bits per heavy atom. The minimum Gasteiger partial charge on any atom is -0.397 e. The number of carbonyl (C=O) groups is 1. The van der Waals surface area contributed by atoms with E-state index in [0.717, 1.165) is 49.4 Å². The van der Waals surface area contributed by atoms with Gasteiger partial charge in [0.25, 0.3) is 5.91 Å². The molecule has 2 heterocycles. The van der Waals surface area contributed by atoms with Crippen molar-refractivity contribution in [2.24, 2.45) is 11.7 Å². The predicted molar refractivity (Wildman–Crippen MR) is 138 cm³/mol. The second-order valence-electron chi connectivity index (χ2n) is 10.6. The molecule has 2 saturated carbocycles. The highest BCUT2D eigenvalue weighted by Gasteiger charge is 2.38. The summed E-state index contributed by atoms with van der Waals surface area (Å²) in [4.78, 5) is 21.3. The number of nitrogen functional groups attached to an aromatic ring is 1. The molecular formula is C28H30F3N5O2. The Hall–Kier alpha value is -3.50. The molecule has 5 rings (SSSR count). The van der Waals surface area contributed by atoms with Crippen molar-refractivity contribution < 1.29 is 23.1 Å². The molecule has 6 N–H and O–H groups in total. The highest BCUT2D eigenvalue weighted by Crippen LogP contribution is 2.43. The van der Waals surface area contributed by atoms with Crippen LogP contribution >= 0.6 is 0 Å². The Bertz CT molecular complexity index is 1360. The Morgan fingerprint density at radius 2 is 1.82 bits per heavy atom. The van der Waals surface area contributed by atoms with Gasteiger partial charge in [0.15, 0.2) is 11.5 Å². The van der Waals surface area contributed by atoms with Gasteiger partial charge in [-0.3, -0.25) is 9.78 Å². The first kappa shape index (κ1) is 26.1. The van der Waals surface area contributed by atoms with Crippen LogP contribution in [0.25, 0.3) is 11.3 Å². The van der Waals surface area contributed by atoms with Crippen LogP contribution < -0.4 is 16.8 Å². The monoisotopic (exact) mass is 525 g/mol. The quantitative estimate of drug-likeness (QED) is 0.371. The van der Waals surface area contributed by atoms with E-state index in [-0.39, 0.29) is 28.9 Å². The molecule has 2 aromatic heterocycles. The number of halogens is 3. The van der Waals surface area contributed by atoms with Gasteiger partial charge in [0.2, 0.25) is 0 Å². The summed E-state index contributed by atoms with van der Waals surface area (Å²) in [5, 5.41) is 13.2. The van der Waals surface area contributed by atoms with Crippen LogP contribution in [-0.4, -0.2) is 27.0 Å². The average Bonchev–Trinajstić information content (AvgIpc) is 2.83. The number of aliphatic hydroxyl groups is 1. The number of nitrogens with one attached hydrogen (secondary N) is 1. The van der Waals surface area contributed by atoms with Gasteiger partial charge in [0, 0.05) is 18.3 Å². The fourth-order valence-electron chi connectivity index (χ4n) is 5.69. The number of amides is 1. The number of carbonyl (C=O) groups excluding carboxylic acids is 1. The van der Waals surface area contributed by atoms with Crippen LogP contribution in [0.2, 0.25) is 0 Å². The van der Waals surface area contributed by atoms with Gasteiger partial charge in [-0.25, -0.2) is 18.2 Å². The third-order valence-electron chi connectivity index (χ3n) is 7.74. The fraction of sp³-hybridized carbons (Fsp3) is 0.393. The van der Waals surface area contributed by atoms with Crippen LogP contribution in [0.5, 0.6) is 0 Å². The molecule has 0 spiro atoms. The first-order valence-electron chi connectivity index (χ1n) is 12.7. The number of benzene rings is 1. The van der Waals surface area contributed by atoms with Gasteiger partial charge in [0.05, 0.1) is 28.7 Å². The SMILES string of the molecule is C[C@@H]1C[C@@H](N)C[C@H](c2ccncc2NC(=O)c2nc(-c3c(F)cc(C4(O)CCC4)cc3F)c(F)cc2N)C1. The number of pyridine rings is 2. The molecule has 2 fully saturated rings. The minimum absolute atomic E-state index is 0.0404. The molecule has 0 radical (unpaired) electrons. The molecule has 1 aromatic carbocycles. The Kier molecular flexibility index (Phi) is 6.87. The van der Waals surface area contributed by atoms with Gasteiger partial charge in [-0.15, -0.1) is 0 Å². The highest BCUT2D eigenvalue weighted by molar-refractivity contribution is 6.07. The Morgan fingerprint density at radius 3 is 2.45 bits per heavy atom. The molecule has 0 aliphatic heterocycles. The van der Waals surface area contributed by atoms with E-state index in [4.69, 9.17) is 11.5 Å². The molecule has 0 bridgehead atoms. The van der Waals surface area contributed by atoms with Gasteiger partial charge in [-0.1, -0.05) is 6.92 Å². The lowest BCUT2D eigenvalue weighted by Gasteiger charge is -2.37. The Balaban J connectivity index is 1.47. The topological polar surface area (TPSA) is 127 Å². The van der Waals surface area contributed by atoms with Crippen LogP contribution in [0.4, 0.5) is 24.5 Å². The van der Waals surface area contributed by atoms with Crippen molar-refractivity contribution in [3.63, 3.8) is 0 Å². The van der Waals surface area contributed by atoms with Crippen molar-refractivity contribution in [2.75, 3.05) is 11.1 Å². The lowest BCUT2D eigenvalue weighted by Crippen LogP contribution is -2.33. The van der Waals surface area contributed by atoms with Crippen LogP contribution in [0.15, 0.2) is 36.7 Å². The number of rotatable bonds is 5. The van der Waals surface area contributed by atoms with Gasteiger partial charge in [-0.2, -0.15) is 0 Å². The molecule has 0 unspecified atom stereocenters. The number of hydrogen-bond acceptors (Lipinski definition) is 6. The zero-order valence-corrected chi connectivity index (χ0v) is 21.0. The maximum Gasteiger partial charge on any atom is 0.276 e. The third-order valence-corrected chi connectivity index (χ3v) is 7.74. The van der Waals surface area contributed by atoms with E-state index >= 15 is 8.78 Å². The first-order valence-corrected chi connectivity index (χ1v) is 12.7. The van der Waals surface area contributed by atoms with Crippen molar-refractivity contribution >= 4 is 17.3 Å². The molecule has 0 saturated heterocycles. The molecule has 3 atom stereocenters. The van der Waals surface area contributed by atoms with E-state index in [1.165, 1.54) is 6.20 Å². The maximum absolute atomic E-state index is 15.1.